The van der Waals surface area contributed by atoms with Gasteiger partial charge in [0.25, 0.3) is 0 Å². The van der Waals surface area contributed by atoms with Crippen LogP contribution in [0.4, 0.5) is 10.1 Å². The van der Waals surface area contributed by atoms with Crippen LogP contribution in [0.15, 0.2) is 30.6 Å². The molecule has 0 saturated carbocycles. The normalized spacial score (nSPS) is 10.4. The van der Waals surface area contributed by atoms with Crippen molar-refractivity contribution in [2.45, 2.75) is 6.54 Å². The average molecular weight is 288 g/mol. The van der Waals surface area contributed by atoms with E-state index in [1.165, 1.54) is 29.0 Å². The third kappa shape index (κ3) is 3.00. The second-order valence-electron chi connectivity index (χ2n) is 3.50. The number of amides is 1. The van der Waals surface area contributed by atoms with Crippen LogP contribution >= 0.6 is 23.2 Å². The topological polar surface area (TPSA) is 46.9 Å². The largest absolute Gasteiger partial charge is 0.324 e. The van der Waals surface area contributed by atoms with E-state index in [1.807, 2.05) is 0 Å². The molecule has 1 amide bonds. The van der Waals surface area contributed by atoms with Gasteiger partial charge in [0.05, 0.1) is 5.02 Å². The Kier molecular flexibility index (Phi) is 3.84. The van der Waals surface area contributed by atoms with E-state index in [4.69, 9.17) is 23.2 Å². The number of carbonyl (C=O) groups excluding carboxylic acids is 1. The minimum atomic E-state index is -0.535. The van der Waals surface area contributed by atoms with Crippen LogP contribution in [0.1, 0.15) is 0 Å². The van der Waals surface area contributed by atoms with E-state index in [0.717, 1.165) is 0 Å². The van der Waals surface area contributed by atoms with Crippen molar-refractivity contribution >= 4 is 34.8 Å². The molecule has 94 valence electrons. The van der Waals surface area contributed by atoms with Crippen LogP contribution in [-0.4, -0.2) is 15.5 Å². The molecule has 1 aromatic carbocycles. The number of anilines is 1. The fraction of sp³-hybridized carbons (Fsp3) is 0.0909. The summed E-state index contributed by atoms with van der Waals surface area (Å²) in [6, 6.07) is 3.95. The zero-order valence-electron chi connectivity index (χ0n) is 9.03. The van der Waals surface area contributed by atoms with Crippen LogP contribution in [0.3, 0.4) is 0 Å². The molecular weight excluding hydrogens is 280 g/mol. The number of aromatic nitrogens is 2. The molecule has 0 fully saturated rings. The monoisotopic (exact) mass is 287 g/mol. The van der Waals surface area contributed by atoms with E-state index in [1.54, 1.807) is 6.20 Å². The molecule has 2 rings (SSSR count). The number of benzene rings is 1. The van der Waals surface area contributed by atoms with E-state index < -0.39 is 5.82 Å². The summed E-state index contributed by atoms with van der Waals surface area (Å²) in [4.78, 5) is 15.5. The molecule has 0 atom stereocenters. The summed E-state index contributed by atoms with van der Waals surface area (Å²) in [5.41, 5.74) is 0.419. The second-order valence-corrected chi connectivity index (χ2v) is 4.25. The molecule has 7 heteroatoms. The Balaban J connectivity index is 2.03. The molecule has 18 heavy (non-hydrogen) atoms. The van der Waals surface area contributed by atoms with Gasteiger partial charge in [-0.2, -0.15) is 0 Å². The lowest BCUT2D eigenvalue weighted by Crippen LogP contribution is -2.18. The lowest BCUT2D eigenvalue weighted by molar-refractivity contribution is -0.116. The molecule has 0 aliphatic carbocycles. The van der Waals surface area contributed by atoms with Gasteiger partial charge in [-0.05, 0) is 29.8 Å². The first-order valence-electron chi connectivity index (χ1n) is 4.98. The van der Waals surface area contributed by atoms with Crippen LogP contribution in [0.25, 0.3) is 0 Å². The molecule has 0 radical (unpaired) electrons. The summed E-state index contributed by atoms with van der Waals surface area (Å²) >= 11 is 11.3. The number of rotatable bonds is 3. The van der Waals surface area contributed by atoms with E-state index in [9.17, 15) is 9.18 Å². The quantitative estimate of drug-likeness (QED) is 0.943. The number of nitrogens with zero attached hydrogens (tertiary/aromatic N) is 2. The zero-order valence-corrected chi connectivity index (χ0v) is 10.5. The van der Waals surface area contributed by atoms with Crippen molar-refractivity contribution in [3.8, 4) is 0 Å². The maximum absolute atomic E-state index is 12.9. The Labute approximate surface area is 112 Å². The van der Waals surface area contributed by atoms with E-state index in [-0.39, 0.29) is 22.8 Å². The van der Waals surface area contributed by atoms with E-state index in [2.05, 4.69) is 10.3 Å². The van der Waals surface area contributed by atoms with Crippen LogP contribution in [0.5, 0.6) is 0 Å². The molecular formula is C11H8Cl2FN3O. The first-order chi connectivity index (χ1) is 8.56. The van der Waals surface area contributed by atoms with E-state index in [0.29, 0.717) is 5.69 Å². The van der Waals surface area contributed by atoms with Crippen LogP contribution < -0.4 is 5.32 Å². The van der Waals surface area contributed by atoms with Gasteiger partial charge in [-0.25, -0.2) is 9.37 Å². The second kappa shape index (κ2) is 5.37. The van der Waals surface area contributed by atoms with Gasteiger partial charge in [-0.1, -0.05) is 11.6 Å². The Morgan fingerprint density at radius 1 is 1.44 bits per heavy atom. The smallest absolute Gasteiger partial charge is 0.244 e. The molecule has 2 aromatic rings. The number of halogens is 3. The minimum Gasteiger partial charge on any atom is -0.324 e. The van der Waals surface area contributed by atoms with Crippen molar-refractivity contribution in [2.75, 3.05) is 5.32 Å². The summed E-state index contributed by atoms with van der Waals surface area (Å²) in [5, 5.41) is 2.75. The molecule has 4 nitrogen and oxygen atoms in total. The molecule has 0 unspecified atom stereocenters. The fourth-order valence-electron chi connectivity index (χ4n) is 1.36. The van der Waals surface area contributed by atoms with Gasteiger partial charge in [0, 0.05) is 18.1 Å². The molecule has 0 aliphatic rings. The summed E-state index contributed by atoms with van der Waals surface area (Å²) in [5.74, 6) is -0.843. The minimum absolute atomic E-state index is 0.0217. The highest BCUT2D eigenvalue weighted by atomic mass is 35.5. The van der Waals surface area contributed by atoms with Crippen molar-refractivity contribution in [1.29, 1.82) is 0 Å². The van der Waals surface area contributed by atoms with Crippen molar-refractivity contribution in [1.82, 2.24) is 9.55 Å². The Morgan fingerprint density at radius 3 is 2.83 bits per heavy atom. The lowest BCUT2D eigenvalue weighted by Gasteiger charge is -2.07. The highest BCUT2D eigenvalue weighted by Gasteiger charge is 2.07. The third-order valence-electron chi connectivity index (χ3n) is 2.18. The molecule has 0 spiro atoms. The lowest BCUT2D eigenvalue weighted by atomic mass is 10.3. The Morgan fingerprint density at radius 2 is 2.22 bits per heavy atom. The third-order valence-corrected chi connectivity index (χ3v) is 2.79. The van der Waals surface area contributed by atoms with Gasteiger partial charge in [0.15, 0.2) is 0 Å². The van der Waals surface area contributed by atoms with Gasteiger partial charge in [0.1, 0.15) is 12.4 Å². The van der Waals surface area contributed by atoms with Crippen molar-refractivity contribution in [3.05, 3.63) is 46.7 Å². The molecule has 0 bridgehead atoms. The van der Waals surface area contributed by atoms with Crippen molar-refractivity contribution in [2.24, 2.45) is 0 Å². The summed E-state index contributed by atoms with van der Waals surface area (Å²) < 4.78 is 14.4. The first kappa shape index (κ1) is 12.9. The van der Waals surface area contributed by atoms with Crippen LogP contribution in [0, 0.1) is 5.82 Å². The van der Waals surface area contributed by atoms with Crippen LogP contribution in [-0.2, 0) is 11.3 Å². The first-order valence-corrected chi connectivity index (χ1v) is 5.73. The molecule has 1 N–H and O–H groups in total. The van der Waals surface area contributed by atoms with Crippen molar-refractivity contribution < 1.29 is 9.18 Å². The predicted octanol–water partition coefficient (Wildman–Crippen LogP) is 2.97. The molecule has 0 saturated heterocycles. The number of hydrogen-bond donors (Lipinski definition) is 1. The number of nitrogens with one attached hydrogen (secondary N) is 1. The van der Waals surface area contributed by atoms with Gasteiger partial charge >= 0.3 is 0 Å². The van der Waals surface area contributed by atoms with Gasteiger partial charge in [-0.3, -0.25) is 4.79 Å². The van der Waals surface area contributed by atoms with Crippen LogP contribution in [0.2, 0.25) is 10.3 Å². The molecule has 1 aromatic heterocycles. The molecule has 1 heterocycles. The molecule has 0 aliphatic heterocycles. The van der Waals surface area contributed by atoms with Gasteiger partial charge in [0.2, 0.25) is 11.2 Å². The maximum atomic E-state index is 12.9. The average Bonchev–Trinajstić information content (AvgIpc) is 2.70. The summed E-state index contributed by atoms with van der Waals surface area (Å²) in [6.07, 6.45) is 3.07. The van der Waals surface area contributed by atoms with Gasteiger partial charge in [-0.15, -0.1) is 0 Å². The Bertz CT molecular complexity index is 585. The fourth-order valence-corrected chi connectivity index (χ4v) is 1.71. The SMILES string of the molecule is O=C(Cn1ccnc1Cl)Nc1ccc(F)c(Cl)c1. The summed E-state index contributed by atoms with van der Waals surface area (Å²) in [7, 11) is 0. The summed E-state index contributed by atoms with van der Waals surface area (Å²) in [6.45, 7) is 0.0217. The highest BCUT2D eigenvalue weighted by molar-refractivity contribution is 6.31. The maximum Gasteiger partial charge on any atom is 0.244 e. The predicted molar refractivity (Wildman–Crippen MR) is 67.3 cm³/mol. The number of imidazole rings is 1. The zero-order chi connectivity index (χ0) is 13.1. The van der Waals surface area contributed by atoms with E-state index >= 15 is 0 Å². The van der Waals surface area contributed by atoms with Crippen molar-refractivity contribution in [3.63, 3.8) is 0 Å². The highest BCUT2D eigenvalue weighted by Crippen LogP contribution is 2.19. The number of hydrogen-bond acceptors (Lipinski definition) is 2. The number of carbonyl (C=O) groups is 1. The Hall–Kier alpha value is -1.59. The standard InChI is InChI=1S/C11H8Cl2FN3O/c12-8-5-7(1-2-9(8)14)16-10(18)6-17-4-3-15-11(17)13/h1-5H,6H2,(H,16,18). The van der Waals surface area contributed by atoms with Gasteiger partial charge < -0.3 is 9.88 Å².